The number of rotatable bonds is 5. The molecule has 1 aromatic heterocycles. The van der Waals surface area contributed by atoms with Crippen LogP contribution in [0.5, 0.6) is 0 Å². The minimum absolute atomic E-state index is 0.159. The molecule has 1 aromatic rings. The number of likely N-dealkylation sites (N-methyl/N-ethyl adjacent to an activating group) is 1. The van der Waals surface area contributed by atoms with Crippen molar-refractivity contribution >= 4 is 16.5 Å². The first-order chi connectivity index (χ1) is 6.67. The minimum Gasteiger partial charge on any atom is -0.395 e. The summed E-state index contributed by atoms with van der Waals surface area (Å²) in [6.07, 6.45) is 1.79. The zero-order chi connectivity index (χ0) is 10.6. The molecule has 5 nitrogen and oxygen atoms in total. The fourth-order valence-corrected chi connectivity index (χ4v) is 1.77. The molecular formula is C8H16N4OS. The van der Waals surface area contributed by atoms with E-state index < -0.39 is 0 Å². The largest absolute Gasteiger partial charge is 0.395 e. The number of aliphatic hydroxyl groups excluding tert-OH is 1. The number of hydrogen-bond donors (Lipinski definition) is 3. The fraction of sp³-hybridized carbons (Fsp3) is 0.625. The van der Waals surface area contributed by atoms with Gasteiger partial charge >= 0.3 is 0 Å². The summed E-state index contributed by atoms with van der Waals surface area (Å²) in [4.78, 5) is 7.26. The zero-order valence-electron chi connectivity index (χ0n) is 8.40. The van der Waals surface area contributed by atoms with Crippen LogP contribution in [0.3, 0.4) is 0 Å². The Kier molecular flexibility index (Phi) is 4.27. The lowest BCUT2D eigenvalue weighted by Gasteiger charge is -2.21. The molecule has 0 spiro atoms. The fourth-order valence-electron chi connectivity index (χ4n) is 0.988. The Bertz CT molecular complexity index is 278. The van der Waals surface area contributed by atoms with Gasteiger partial charge in [-0.15, -0.1) is 0 Å². The number of hydrogen-bond acceptors (Lipinski definition) is 6. The summed E-state index contributed by atoms with van der Waals surface area (Å²) in [5, 5.41) is 9.66. The first-order valence-corrected chi connectivity index (χ1v) is 5.21. The number of aliphatic hydroxyl groups is 1. The Morgan fingerprint density at radius 2 is 2.50 bits per heavy atom. The van der Waals surface area contributed by atoms with E-state index in [9.17, 15) is 0 Å². The Morgan fingerprint density at radius 1 is 1.79 bits per heavy atom. The Morgan fingerprint density at radius 3 is 3.00 bits per heavy atom. The van der Waals surface area contributed by atoms with Crippen molar-refractivity contribution in [2.45, 2.75) is 19.5 Å². The molecule has 0 aromatic carbocycles. The van der Waals surface area contributed by atoms with Gasteiger partial charge in [0.05, 0.1) is 6.61 Å². The van der Waals surface area contributed by atoms with Gasteiger partial charge in [0.15, 0.2) is 5.13 Å². The van der Waals surface area contributed by atoms with Crippen molar-refractivity contribution in [1.82, 2.24) is 9.88 Å². The molecule has 80 valence electrons. The molecule has 0 aliphatic carbocycles. The second-order valence-electron chi connectivity index (χ2n) is 3.22. The van der Waals surface area contributed by atoms with Crippen LogP contribution in [0.25, 0.3) is 0 Å². The van der Waals surface area contributed by atoms with Gasteiger partial charge in [-0.2, -0.15) is 0 Å². The van der Waals surface area contributed by atoms with Crippen molar-refractivity contribution in [3.63, 3.8) is 0 Å². The number of thiazole rings is 1. The van der Waals surface area contributed by atoms with Gasteiger partial charge in [-0.3, -0.25) is 10.3 Å². The number of hydrazine groups is 1. The van der Waals surface area contributed by atoms with Gasteiger partial charge in [0, 0.05) is 23.7 Å². The highest BCUT2D eigenvalue weighted by molar-refractivity contribution is 7.15. The van der Waals surface area contributed by atoms with Crippen LogP contribution >= 0.6 is 11.3 Å². The van der Waals surface area contributed by atoms with E-state index in [0.717, 1.165) is 11.4 Å². The molecule has 1 heterocycles. The van der Waals surface area contributed by atoms with E-state index in [1.807, 2.05) is 14.0 Å². The van der Waals surface area contributed by atoms with Crippen molar-refractivity contribution in [2.24, 2.45) is 5.84 Å². The molecule has 1 atom stereocenters. The van der Waals surface area contributed by atoms with Crippen LogP contribution in [0.2, 0.25) is 0 Å². The third-order valence-electron chi connectivity index (χ3n) is 2.10. The quantitative estimate of drug-likeness (QED) is 0.486. The molecule has 0 saturated carbocycles. The summed E-state index contributed by atoms with van der Waals surface area (Å²) >= 11 is 1.52. The Labute approximate surface area is 87.5 Å². The van der Waals surface area contributed by atoms with E-state index in [1.54, 1.807) is 6.20 Å². The second-order valence-corrected chi connectivity index (χ2v) is 4.34. The summed E-state index contributed by atoms with van der Waals surface area (Å²) < 4.78 is 0. The van der Waals surface area contributed by atoms with Gasteiger partial charge in [0.25, 0.3) is 0 Å². The van der Waals surface area contributed by atoms with Crippen LogP contribution in [0, 0.1) is 0 Å². The van der Waals surface area contributed by atoms with E-state index in [4.69, 9.17) is 10.9 Å². The highest BCUT2D eigenvalue weighted by atomic mass is 32.1. The van der Waals surface area contributed by atoms with Crippen molar-refractivity contribution in [3.05, 3.63) is 11.1 Å². The zero-order valence-corrected chi connectivity index (χ0v) is 9.21. The van der Waals surface area contributed by atoms with Gasteiger partial charge < -0.3 is 5.11 Å². The molecule has 4 N–H and O–H groups in total. The number of anilines is 1. The molecule has 0 aliphatic rings. The smallest absolute Gasteiger partial charge is 0.197 e. The van der Waals surface area contributed by atoms with Gasteiger partial charge in [-0.05, 0) is 14.0 Å². The van der Waals surface area contributed by atoms with Gasteiger partial charge in [0.1, 0.15) is 0 Å². The van der Waals surface area contributed by atoms with Crippen LogP contribution in [0.4, 0.5) is 5.13 Å². The number of aromatic nitrogens is 1. The summed E-state index contributed by atoms with van der Waals surface area (Å²) in [6, 6.07) is 0.159. The molecule has 0 amide bonds. The van der Waals surface area contributed by atoms with Crippen molar-refractivity contribution in [1.29, 1.82) is 0 Å². The number of nitrogen functional groups attached to an aromatic ring is 1. The maximum atomic E-state index is 8.95. The van der Waals surface area contributed by atoms with Gasteiger partial charge in [0.2, 0.25) is 0 Å². The average molecular weight is 216 g/mol. The van der Waals surface area contributed by atoms with E-state index in [-0.39, 0.29) is 12.6 Å². The number of nitrogens with zero attached hydrogens (tertiary/aromatic N) is 2. The Hall–Kier alpha value is -0.690. The van der Waals surface area contributed by atoms with Crippen LogP contribution in [0.1, 0.15) is 11.8 Å². The summed E-state index contributed by atoms with van der Waals surface area (Å²) in [5.74, 6) is 5.22. The lowest BCUT2D eigenvalue weighted by molar-refractivity contribution is 0.155. The van der Waals surface area contributed by atoms with Crippen molar-refractivity contribution < 1.29 is 5.11 Å². The molecule has 1 rings (SSSR count). The molecule has 0 aliphatic heterocycles. The molecule has 0 fully saturated rings. The molecule has 6 heteroatoms. The maximum Gasteiger partial charge on any atom is 0.197 e. The monoisotopic (exact) mass is 216 g/mol. The summed E-state index contributed by atoms with van der Waals surface area (Å²) in [6.45, 7) is 2.92. The topological polar surface area (TPSA) is 74.4 Å². The average Bonchev–Trinajstić information content (AvgIpc) is 2.64. The highest BCUT2D eigenvalue weighted by Gasteiger charge is 2.09. The third-order valence-corrected chi connectivity index (χ3v) is 3.01. The summed E-state index contributed by atoms with van der Waals surface area (Å²) in [5.41, 5.74) is 2.50. The molecule has 0 bridgehead atoms. The van der Waals surface area contributed by atoms with Crippen LogP contribution < -0.4 is 11.3 Å². The molecule has 1 unspecified atom stereocenters. The number of nitrogens with two attached hydrogens (primary N) is 1. The highest BCUT2D eigenvalue weighted by Crippen LogP contribution is 2.18. The first kappa shape index (κ1) is 11.4. The van der Waals surface area contributed by atoms with E-state index in [1.165, 1.54) is 11.3 Å². The Balaban J connectivity index is 2.51. The second kappa shape index (κ2) is 5.26. The van der Waals surface area contributed by atoms with Crippen molar-refractivity contribution in [2.75, 3.05) is 19.1 Å². The number of nitrogens with one attached hydrogen (secondary N) is 1. The van der Waals surface area contributed by atoms with Crippen LogP contribution in [0.15, 0.2) is 6.20 Å². The predicted octanol–water partition coefficient (Wildman–Crippen LogP) is 0.241. The van der Waals surface area contributed by atoms with Crippen molar-refractivity contribution in [3.8, 4) is 0 Å². The standard InChI is InChI=1S/C8H16N4OS/c1-6(5-13)12(2)4-7-3-10-8(11-9)14-7/h3,6,13H,4-5,9H2,1-2H3,(H,10,11). The molecule has 0 saturated heterocycles. The molecular weight excluding hydrogens is 200 g/mol. The lowest BCUT2D eigenvalue weighted by Crippen LogP contribution is -2.31. The SMILES string of the molecule is CC(CO)N(C)Cc1cnc(NN)s1. The van der Waals surface area contributed by atoms with E-state index >= 15 is 0 Å². The van der Waals surface area contributed by atoms with E-state index in [2.05, 4.69) is 15.3 Å². The lowest BCUT2D eigenvalue weighted by atomic mass is 10.3. The predicted molar refractivity (Wildman–Crippen MR) is 57.9 cm³/mol. The summed E-state index contributed by atoms with van der Waals surface area (Å²) in [7, 11) is 1.97. The normalized spacial score (nSPS) is 13.2. The van der Waals surface area contributed by atoms with Crippen LogP contribution in [-0.4, -0.2) is 34.7 Å². The maximum absolute atomic E-state index is 8.95. The minimum atomic E-state index is 0.159. The third kappa shape index (κ3) is 2.91. The van der Waals surface area contributed by atoms with Crippen LogP contribution in [-0.2, 0) is 6.54 Å². The van der Waals surface area contributed by atoms with Gasteiger partial charge in [-0.1, -0.05) is 11.3 Å². The first-order valence-electron chi connectivity index (χ1n) is 4.39. The van der Waals surface area contributed by atoms with Gasteiger partial charge in [-0.25, -0.2) is 10.8 Å². The van der Waals surface area contributed by atoms with E-state index in [0.29, 0.717) is 5.13 Å². The molecule has 14 heavy (non-hydrogen) atoms. The molecule has 0 radical (unpaired) electrons.